The lowest BCUT2D eigenvalue weighted by atomic mass is 9.87. The van der Waals surface area contributed by atoms with Crippen LogP contribution in [0.4, 0.5) is 5.69 Å². The predicted molar refractivity (Wildman–Crippen MR) is 119 cm³/mol. The molecule has 2 aromatic rings. The van der Waals surface area contributed by atoms with Crippen molar-refractivity contribution in [3.63, 3.8) is 0 Å². The predicted octanol–water partition coefficient (Wildman–Crippen LogP) is 4.85. The number of likely N-dealkylation sites (N-methyl/N-ethyl adjacent to an activating group) is 1. The van der Waals surface area contributed by atoms with Gasteiger partial charge >= 0.3 is 0 Å². The summed E-state index contributed by atoms with van der Waals surface area (Å²) in [5.74, 6) is 1.43. The van der Waals surface area contributed by atoms with Crippen molar-refractivity contribution in [2.45, 2.75) is 46.6 Å². The van der Waals surface area contributed by atoms with Crippen LogP contribution in [0, 0.1) is 0 Å². The number of nitrogens with zero attached hydrogens (tertiary/aromatic N) is 1. The molecule has 0 aliphatic heterocycles. The summed E-state index contributed by atoms with van der Waals surface area (Å²) < 4.78 is 11.0. The van der Waals surface area contributed by atoms with E-state index in [2.05, 4.69) is 50.0 Å². The Morgan fingerprint density at radius 1 is 1.03 bits per heavy atom. The molecule has 2 aromatic carbocycles. The molecule has 0 heterocycles. The second-order valence-electron chi connectivity index (χ2n) is 8.10. The van der Waals surface area contributed by atoms with Gasteiger partial charge in [-0.25, -0.2) is 0 Å². The lowest BCUT2D eigenvalue weighted by molar-refractivity contribution is -0.117. The van der Waals surface area contributed by atoms with Gasteiger partial charge in [0.1, 0.15) is 0 Å². The highest BCUT2D eigenvalue weighted by Gasteiger charge is 2.15. The number of benzene rings is 2. The number of rotatable bonds is 9. The molecule has 2 rings (SSSR count). The fourth-order valence-electron chi connectivity index (χ4n) is 3.08. The molecule has 0 aliphatic carbocycles. The van der Waals surface area contributed by atoms with Crippen molar-refractivity contribution in [1.82, 2.24) is 4.90 Å². The number of nitrogens with one attached hydrogen (secondary N) is 1. The molecule has 0 fully saturated rings. The first-order chi connectivity index (χ1) is 13.8. The SMILES string of the molecule is CCOc1ccc(CN(CC)CC(=O)Nc2ccc(C(C)(C)C)cc2)cc1OC. The van der Waals surface area contributed by atoms with Gasteiger partial charge in [-0.05, 0) is 54.3 Å². The minimum atomic E-state index is -0.0201. The zero-order valence-electron chi connectivity index (χ0n) is 18.5. The molecule has 1 N–H and O–H groups in total. The van der Waals surface area contributed by atoms with Crippen LogP contribution >= 0.6 is 0 Å². The fourth-order valence-corrected chi connectivity index (χ4v) is 3.08. The highest BCUT2D eigenvalue weighted by molar-refractivity contribution is 5.92. The number of hydrogen-bond donors (Lipinski definition) is 1. The largest absolute Gasteiger partial charge is 0.493 e. The molecule has 0 unspecified atom stereocenters. The molecule has 29 heavy (non-hydrogen) atoms. The first-order valence-corrected chi connectivity index (χ1v) is 10.2. The molecule has 0 atom stereocenters. The van der Waals surface area contributed by atoms with Crippen molar-refractivity contribution in [3.8, 4) is 11.5 Å². The van der Waals surface area contributed by atoms with Crippen LogP contribution in [0.15, 0.2) is 42.5 Å². The normalized spacial score (nSPS) is 11.4. The van der Waals surface area contributed by atoms with Crippen LogP contribution in [0.5, 0.6) is 11.5 Å². The third kappa shape index (κ3) is 6.79. The summed E-state index contributed by atoms with van der Waals surface area (Å²) in [5, 5.41) is 2.99. The first kappa shape index (κ1) is 22.8. The summed E-state index contributed by atoms with van der Waals surface area (Å²) in [7, 11) is 1.64. The van der Waals surface area contributed by atoms with E-state index in [1.165, 1.54) is 5.56 Å². The Bertz CT molecular complexity index is 795. The third-order valence-corrected chi connectivity index (χ3v) is 4.78. The number of hydrogen-bond acceptors (Lipinski definition) is 4. The Balaban J connectivity index is 1.98. The van der Waals surface area contributed by atoms with Crippen LogP contribution in [0.1, 0.15) is 45.7 Å². The van der Waals surface area contributed by atoms with Crippen molar-refractivity contribution in [2.75, 3.05) is 32.1 Å². The summed E-state index contributed by atoms with van der Waals surface area (Å²) in [5.41, 5.74) is 3.24. The van der Waals surface area contributed by atoms with E-state index in [0.29, 0.717) is 25.4 Å². The van der Waals surface area contributed by atoms with Gasteiger partial charge in [-0.1, -0.05) is 45.9 Å². The lowest BCUT2D eigenvalue weighted by Crippen LogP contribution is -2.32. The molecule has 0 saturated carbocycles. The van der Waals surface area contributed by atoms with Gasteiger partial charge in [0.2, 0.25) is 5.91 Å². The Kier molecular flexibility index (Phi) is 8.09. The maximum absolute atomic E-state index is 12.5. The minimum absolute atomic E-state index is 0.0201. The van der Waals surface area contributed by atoms with Crippen molar-refractivity contribution in [2.24, 2.45) is 0 Å². The van der Waals surface area contributed by atoms with E-state index < -0.39 is 0 Å². The Labute approximate surface area is 175 Å². The highest BCUT2D eigenvalue weighted by Crippen LogP contribution is 2.28. The molecule has 0 bridgehead atoms. The number of methoxy groups -OCH3 is 1. The lowest BCUT2D eigenvalue weighted by Gasteiger charge is -2.21. The van der Waals surface area contributed by atoms with E-state index in [4.69, 9.17) is 9.47 Å². The van der Waals surface area contributed by atoms with Gasteiger partial charge in [0, 0.05) is 12.2 Å². The number of anilines is 1. The van der Waals surface area contributed by atoms with Gasteiger partial charge in [-0.15, -0.1) is 0 Å². The monoisotopic (exact) mass is 398 g/mol. The van der Waals surface area contributed by atoms with Crippen molar-refractivity contribution < 1.29 is 14.3 Å². The first-order valence-electron chi connectivity index (χ1n) is 10.2. The minimum Gasteiger partial charge on any atom is -0.493 e. The molecule has 0 spiro atoms. The van der Waals surface area contributed by atoms with E-state index in [9.17, 15) is 4.79 Å². The summed E-state index contributed by atoms with van der Waals surface area (Å²) in [6.07, 6.45) is 0. The van der Waals surface area contributed by atoms with E-state index in [1.807, 2.05) is 37.3 Å². The summed E-state index contributed by atoms with van der Waals surface area (Å²) in [4.78, 5) is 14.6. The van der Waals surface area contributed by atoms with Gasteiger partial charge in [0.05, 0.1) is 20.3 Å². The second kappa shape index (κ2) is 10.3. The van der Waals surface area contributed by atoms with E-state index in [0.717, 1.165) is 23.5 Å². The fraction of sp³-hybridized carbons (Fsp3) is 0.458. The highest BCUT2D eigenvalue weighted by atomic mass is 16.5. The molecule has 0 radical (unpaired) electrons. The summed E-state index contributed by atoms with van der Waals surface area (Å²) in [6.45, 7) is 12.9. The average molecular weight is 399 g/mol. The number of amides is 1. The number of carbonyl (C=O) groups is 1. The standard InChI is InChI=1S/C24H34N2O3/c1-7-26(16-18-9-14-21(29-8-2)22(15-18)28-6)17-23(27)25-20-12-10-19(11-13-20)24(3,4)5/h9-15H,7-8,16-17H2,1-6H3,(H,25,27). The Morgan fingerprint density at radius 3 is 2.28 bits per heavy atom. The summed E-state index contributed by atoms with van der Waals surface area (Å²) >= 11 is 0. The van der Waals surface area contributed by atoms with Gasteiger partial charge in [0.25, 0.3) is 0 Å². The van der Waals surface area contributed by atoms with Crippen LogP contribution in [0.3, 0.4) is 0 Å². The quantitative estimate of drug-likeness (QED) is 0.656. The molecule has 0 aliphatic rings. The molecular weight excluding hydrogens is 364 g/mol. The van der Waals surface area contributed by atoms with E-state index in [-0.39, 0.29) is 11.3 Å². The van der Waals surface area contributed by atoms with Crippen LogP contribution in [0.2, 0.25) is 0 Å². The van der Waals surface area contributed by atoms with Crippen LogP contribution < -0.4 is 14.8 Å². The maximum Gasteiger partial charge on any atom is 0.238 e. The topological polar surface area (TPSA) is 50.8 Å². The molecule has 1 amide bonds. The Morgan fingerprint density at radius 2 is 1.72 bits per heavy atom. The molecular formula is C24H34N2O3. The van der Waals surface area contributed by atoms with Crippen molar-refractivity contribution in [1.29, 1.82) is 0 Å². The van der Waals surface area contributed by atoms with Crippen molar-refractivity contribution >= 4 is 11.6 Å². The number of carbonyl (C=O) groups excluding carboxylic acids is 1. The smallest absolute Gasteiger partial charge is 0.238 e. The molecule has 5 nitrogen and oxygen atoms in total. The molecule has 0 aromatic heterocycles. The van der Waals surface area contributed by atoms with Crippen LogP contribution in [-0.2, 0) is 16.8 Å². The number of ether oxygens (including phenoxy) is 2. The molecule has 0 saturated heterocycles. The zero-order valence-corrected chi connectivity index (χ0v) is 18.5. The second-order valence-corrected chi connectivity index (χ2v) is 8.10. The van der Waals surface area contributed by atoms with E-state index in [1.54, 1.807) is 7.11 Å². The molecule has 5 heteroatoms. The maximum atomic E-state index is 12.5. The van der Waals surface area contributed by atoms with Crippen LogP contribution in [0.25, 0.3) is 0 Å². The van der Waals surface area contributed by atoms with E-state index >= 15 is 0 Å². The van der Waals surface area contributed by atoms with Crippen LogP contribution in [-0.4, -0.2) is 37.6 Å². The van der Waals surface area contributed by atoms with Gasteiger partial charge in [-0.2, -0.15) is 0 Å². The average Bonchev–Trinajstić information content (AvgIpc) is 2.68. The van der Waals surface area contributed by atoms with Crippen molar-refractivity contribution in [3.05, 3.63) is 53.6 Å². The Hall–Kier alpha value is -2.53. The zero-order chi connectivity index (χ0) is 21.4. The van der Waals surface area contributed by atoms with Gasteiger partial charge in [0.15, 0.2) is 11.5 Å². The van der Waals surface area contributed by atoms with Gasteiger partial charge in [-0.3, -0.25) is 9.69 Å². The third-order valence-electron chi connectivity index (χ3n) is 4.78. The molecule has 158 valence electrons. The summed E-state index contributed by atoms with van der Waals surface area (Å²) in [6, 6.07) is 14.0. The van der Waals surface area contributed by atoms with Gasteiger partial charge < -0.3 is 14.8 Å².